The Kier molecular flexibility index (Phi) is 7.23. The van der Waals surface area contributed by atoms with Crippen molar-refractivity contribution in [1.29, 1.82) is 0 Å². The summed E-state index contributed by atoms with van der Waals surface area (Å²) < 4.78 is 5.18. The molecule has 2 N–H and O–H groups in total. The first-order valence-corrected chi connectivity index (χ1v) is 10.2. The lowest BCUT2D eigenvalue weighted by Crippen LogP contribution is -2.35. The Morgan fingerprint density at radius 3 is 2.50 bits per heavy atom. The van der Waals surface area contributed by atoms with Gasteiger partial charge >= 0.3 is 0 Å². The number of anilines is 1. The van der Waals surface area contributed by atoms with Gasteiger partial charge in [-0.3, -0.25) is 4.79 Å². The molecule has 1 aromatic heterocycles. The Bertz CT molecular complexity index is 769. The highest BCUT2D eigenvalue weighted by atomic mass is 16.5. The Labute approximate surface area is 167 Å². The second-order valence-corrected chi connectivity index (χ2v) is 7.37. The van der Waals surface area contributed by atoms with E-state index in [1.807, 2.05) is 19.1 Å². The molecule has 0 saturated heterocycles. The number of methoxy groups -OCH3 is 1. The standard InChI is InChI=1S/C22H30N4O2/c1-16-24-20(22(27)26-18-7-5-3-4-6-8-18)15-21(25-16)23-14-13-17-9-11-19(28-2)12-10-17/h9-12,15,18H,3-8,13-14H2,1-2H3,(H,26,27)(H,23,24,25). The van der Waals surface area contributed by atoms with Gasteiger partial charge in [0.05, 0.1) is 7.11 Å². The number of carbonyl (C=O) groups is 1. The van der Waals surface area contributed by atoms with E-state index in [9.17, 15) is 4.79 Å². The Morgan fingerprint density at radius 1 is 1.11 bits per heavy atom. The lowest BCUT2D eigenvalue weighted by Gasteiger charge is -2.16. The number of nitrogens with zero attached hydrogens (tertiary/aromatic N) is 2. The molecule has 6 heteroatoms. The van der Waals surface area contributed by atoms with Crippen LogP contribution >= 0.6 is 0 Å². The van der Waals surface area contributed by atoms with Gasteiger partial charge in [0.2, 0.25) is 0 Å². The smallest absolute Gasteiger partial charge is 0.270 e. The van der Waals surface area contributed by atoms with Crippen LogP contribution in [0.25, 0.3) is 0 Å². The molecule has 0 spiro atoms. The number of amides is 1. The molecule has 2 aromatic rings. The fourth-order valence-corrected chi connectivity index (χ4v) is 3.58. The van der Waals surface area contributed by atoms with E-state index in [0.717, 1.165) is 31.6 Å². The Balaban J connectivity index is 1.56. The zero-order chi connectivity index (χ0) is 19.8. The molecule has 6 nitrogen and oxygen atoms in total. The maximum absolute atomic E-state index is 12.6. The number of rotatable bonds is 7. The zero-order valence-corrected chi connectivity index (χ0v) is 16.8. The number of hydrogen-bond acceptors (Lipinski definition) is 5. The molecule has 0 aliphatic heterocycles. The van der Waals surface area contributed by atoms with Crippen molar-refractivity contribution in [3.8, 4) is 5.75 Å². The fraction of sp³-hybridized carbons (Fsp3) is 0.500. The second-order valence-electron chi connectivity index (χ2n) is 7.37. The van der Waals surface area contributed by atoms with Crippen LogP contribution in [0.4, 0.5) is 5.82 Å². The third kappa shape index (κ3) is 5.94. The van der Waals surface area contributed by atoms with Gasteiger partial charge in [-0.15, -0.1) is 0 Å². The highest BCUT2D eigenvalue weighted by Gasteiger charge is 2.17. The molecule has 1 saturated carbocycles. The Hall–Kier alpha value is -2.63. The topological polar surface area (TPSA) is 76.1 Å². The van der Waals surface area contributed by atoms with Crippen LogP contribution in [-0.4, -0.2) is 35.6 Å². The summed E-state index contributed by atoms with van der Waals surface area (Å²) in [5, 5.41) is 6.46. The largest absolute Gasteiger partial charge is 0.497 e. The zero-order valence-electron chi connectivity index (χ0n) is 16.8. The molecule has 1 aromatic carbocycles. The molecule has 1 heterocycles. The average Bonchev–Trinajstić information content (AvgIpc) is 2.97. The molecule has 0 atom stereocenters. The predicted molar refractivity (Wildman–Crippen MR) is 111 cm³/mol. The molecule has 1 aliphatic rings. The quantitative estimate of drug-likeness (QED) is 0.710. The van der Waals surface area contributed by atoms with Crippen LogP contribution in [0.5, 0.6) is 5.75 Å². The summed E-state index contributed by atoms with van der Waals surface area (Å²) in [5.74, 6) is 2.04. The van der Waals surface area contributed by atoms with Crippen molar-refractivity contribution < 1.29 is 9.53 Å². The highest BCUT2D eigenvalue weighted by molar-refractivity contribution is 5.93. The molecular formula is C22H30N4O2. The van der Waals surface area contributed by atoms with Gasteiger partial charge in [-0.25, -0.2) is 9.97 Å². The summed E-state index contributed by atoms with van der Waals surface area (Å²) >= 11 is 0. The van der Waals surface area contributed by atoms with Crippen LogP contribution in [0.3, 0.4) is 0 Å². The molecule has 150 valence electrons. The summed E-state index contributed by atoms with van der Waals surface area (Å²) in [4.78, 5) is 21.4. The molecule has 3 rings (SSSR count). The van der Waals surface area contributed by atoms with Crippen molar-refractivity contribution in [3.63, 3.8) is 0 Å². The maximum Gasteiger partial charge on any atom is 0.270 e. The van der Waals surface area contributed by atoms with Crippen molar-refractivity contribution in [2.24, 2.45) is 0 Å². The van der Waals surface area contributed by atoms with E-state index in [-0.39, 0.29) is 11.9 Å². The first-order chi connectivity index (χ1) is 13.6. The number of hydrogen-bond donors (Lipinski definition) is 2. The lowest BCUT2D eigenvalue weighted by molar-refractivity contribution is 0.0928. The lowest BCUT2D eigenvalue weighted by atomic mass is 10.1. The minimum absolute atomic E-state index is 0.101. The summed E-state index contributed by atoms with van der Waals surface area (Å²) in [5.41, 5.74) is 1.65. The summed E-state index contributed by atoms with van der Waals surface area (Å²) in [6, 6.07) is 10.0. The molecule has 28 heavy (non-hydrogen) atoms. The molecule has 1 aliphatic carbocycles. The van der Waals surface area contributed by atoms with Gasteiger partial charge in [0.25, 0.3) is 5.91 Å². The van der Waals surface area contributed by atoms with E-state index in [4.69, 9.17) is 4.74 Å². The van der Waals surface area contributed by atoms with E-state index < -0.39 is 0 Å². The first-order valence-electron chi connectivity index (χ1n) is 10.2. The van der Waals surface area contributed by atoms with Crippen LogP contribution in [-0.2, 0) is 6.42 Å². The Morgan fingerprint density at radius 2 is 1.82 bits per heavy atom. The normalized spacial score (nSPS) is 14.9. The predicted octanol–water partition coefficient (Wildman–Crippen LogP) is 3.90. The molecule has 0 radical (unpaired) electrons. The van der Waals surface area contributed by atoms with Gasteiger partial charge in [0.15, 0.2) is 0 Å². The third-order valence-electron chi connectivity index (χ3n) is 5.14. The number of carbonyl (C=O) groups excluding carboxylic acids is 1. The van der Waals surface area contributed by atoms with Crippen LogP contribution in [0.1, 0.15) is 60.4 Å². The maximum atomic E-state index is 12.6. The van der Waals surface area contributed by atoms with Crippen LogP contribution < -0.4 is 15.4 Å². The average molecular weight is 383 g/mol. The van der Waals surface area contributed by atoms with Crippen LogP contribution in [0.15, 0.2) is 30.3 Å². The number of nitrogens with one attached hydrogen (secondary N) is 2. The fourth-order valence-electron chi connectivity index (χ4n) is 3.58. The van der Waals surface area contributed by atoms with Crippen LogP contribution in [0.2, 0.25) is 0 Å². The summed E-state index contributed by atoms with van der Waals surface area (Å²) in [6.07, 6.45) is 7.88. The van der Waals surface area contributed by atoms with Gasteiger partial charge in [0.1, 0.15) is 23.1 Å². The number of ether oxygens (including phenoxy) is 1. The van der Waals surface area contributed by atoms with E-state index in [1.165, 1.54) is 31.2 Å². The van der Waals surface area contributed by atoms with Gasteiger partial charge in [-0.2, -0.15) is 0 Å². The molecule has 0 bridgehead atoms. The van der Waals surface area contributed by atoms with Crippen molar-refractivity contribution >= 4 is 11.7 Å². The van der Waals surface area contributed by atoms with Gasteiger partial charge in [0, 0.05) is 18.7 Å². The number of aromatic nitrogens is 2. The third-order valence-corrected chi connectivity index (χ3v) is 5.14. The number of benzene rings is 1. The second kappa shape index (κ2) is 10.1. The summed E-state index contributed by atoms with van der Waals surface area (Å²) in [7, 11) is 1.66. The van der Waals surface area contributed by atoms with Gasteiger partial charge in [-0.1, -0.05) is 37.8 Å². The molecule has 0 unspecified atom stereocenters. The molecule has 1 amide bonds. The monoisotopic (exact) mass is 382 g/mol. The minimum Gasteiger partial charge on any atom is -0.497 e. The minimum atomic E-state index is -0.101. The van der Waals surface area contributed by atoms with E-state index in [0.29, 0.717) is 17.3 Å². The van der Waals surface area contributed by atoms with Crippen LogP contribution in [0, 0.1) is 6.92 Å². The highest BCUT2D eigenvalue weighted by Crippen LogP contribution is 2.18. The van der Waals surface area contributed by atoms with Gasteiger partial charge in [-0.05, 0) is 43.9 Å². The van der Waals surface area contributed by atoms with E-state index in [1.54, 1.807) is 13.2 Å². The van der Waals surface area contributed by atoms with Crippen molar-refractivity contribution in [2.45, 2.75) is 57.9 Å². The summed E-state index contributed by atoms with van der Waals surface area (Å²) in [6.45, 7) is 2.55. The van der Waals surface area contributed by atoms with E-state index in [2.05, 4.69) is 32.7 Å². The number of aryl methyl sites for hydroxylation is 1. The van der Waals surface area contributed by atoms with E-state index >= 15 is 0 Å². The van der Waals surface area contributed by atoms with Crippen molar-refractivity contribution in [2.75, 3.05) is 19.0 Å². The van der Waals surface area contributed by atoms with Gasteiger partial charge < -0.3 is 15.4 Å². The molecular weight excluding hydrogens is 352 g/mol. The van der Waals surface area contributed by atoms with Crippen molar-refractivity contribution in [3.05, 3.63) is 47.4 Å². The van der Waals surface area contributed by atoms with Crippen molar-refractivity contribution in [1.82, 2.24) is 15.3 Å². The SMILES string of the molecule is COc1ccc(CCNc2cc(C(=O)NC3CCCCCC3)nc(C)n2)cc1. The molecule has 1 fully saturated rings. The first kappa shape index (κ1) is 20.1.